The highest BCUT2D eigenvalue weighted by atomic mass is 32.2. The van der Waals surface area contributed by atoms with E-state index in [9.17, 15) is 0 Å². The molecule has 3 aromatic carbocycles. The standard InChI is InChI=1S/C26H29NS/c1-26(23-14-4-2-5-15-23,24-16-6-3-7-17-24)28-21-11-20-27-19-10-13-22-12-8-9-18-25(22)27/h2-9,12,14-18H,10-11,13,19-21H2,1H3. The summed E-state index contributed by atoms with van der Waals surface area (Å²) in [6.45, 7) is 4.71. The highest BCUT2D eigenvalue weighted by molar-refractivity contribution is 8.00. The molecule has 1 heterocycles. The van der Waals surface area contributed by atoms with Crippen LogP contribution in [0.1, 0.15) is 36.5 Å². The van der Waals surface area contributed by atoms with Crippen LogP contribution in [0.2, 0.25) is 0 Å². The number of anilines is 1. The molecule has 4 rings (SSSR count). The van der Waals surface area contributed by atoms with Gasteiger partial charge in [0.2, 0.25) is 0 Å². The number of fused-ring (bicyclic) bond motifs is 1. The molecular weight excluding hydrogens is 358 g/mol. The summed E-state index contributed by atoms with van der Waals surface area (Å²) in [7, 11) is 0. The average Bonchev–Trinajstić information content (AvgIpc) is 2.78. The highest BCUT2D eigenvalue weighted by Crippen LogP contribution is 2.42. The first kappa shape index (κ1) is 19.1. The van der Waals surface area contributed by atoms with Crippen LogP contribution in [0.3, 0.4) is 0 Å². The number of nitrogens with zero attached hydrogens (tertiary/aromatic N) is 1. The van der Waals surface area contributed by atoms with Crippen molar-refractivity contribution in [3.05, 3.63) is 102 Å². The van der Waals surface area contributed by atoms with Crippen LogP contribution in [0.15, 0.2) is 84.9 Å². The van der Waals surface area contributed by atoms with Gasteiger partial charge in [-0.05, 0) is 54.7 Å². The van der Waals surface area contributed by atoms with E-state index in [1.807, 2.05) is 0 Å². The van der Waals surface area contributed by atoms with Gasteiger partial charge < -0.3 is 4.90 Å². The monoisotopic (exact) mass is 387 g/mol. The molecule has 0 amide bonds. The molecule has 0 unspecified atom stereocenters. The number of hydrogen-bond acceptors (Lipinski definition) is 2. The molecule has 2 heteroatoms. The summed E-state index contributed by atoms with van der Waals surface area (Å²) in [5.41, 5.74) is 5.73. The van der Waals surface area contributed by atoms with Crippen LogP contribution in [0, 0.1) is 0 Å². The predicted octanol–water partition coefficient (Wildman–Crippen LogP) is 6.53. The first-order valence-electron chi connectivity index (χ1n) is 10.4. The summed E-state index contributed by atoms with van der Waals surface area (Å²) in [6, 6.07) is 30.8. The Morgan fingerprint density at radius 1 is 0.821 bits per heavy atom. The SMILES string of the molecule is CC(SCCCN1CCCc2ccccc21)(c1ccccc1)c1ccccc1. The number of aryl methyl sites for hydroxylation is 1. The van der Waals surface area contributed by atoms with Crippen molar-refractivity contribution < 1.29 is 0 Å². The molecule has 1 nitrogen and oxygen atoms in total. The van der Waals surface area contributed by atoms with E-state index in [0.717, 1.165) is 12.3 Å². The summed E-state index contributed by atoms with van der Waals surface area (Å²) in [4.78, 5) is 2.59. The van der Waals surface area contributed by atoms with E-state index in [2.05, 4.69) is 109 Å². The second-order valence-electron chi connectivity index (χ2n) is 7.69. The molecule has 0 atom stereocenters. The summed E-state index contributed by atoms with van der Waals surface area (Å²) in [5.74, 6) is 1.15. The third-order valence-electron chi connectivity index (χ3n) is 5.82. The lowest BCUT2D eigenvalue weighted by atomic mass is 9.92. The van der Waals surface area contributed by atoms with Crippen molar-refractivity contribution in [2.75, 3.05) is 23.7 Å². The Morgan fingerprint density at radius 3 is 2.11 bits per heavy atom. The van der Waals surface area contributed by atoms with Gasteiger partial charge in [-0.15, -0.1) is 11.8 Å². The zero-order chi connectivity index (χ0) is 19.2. The van der Waals surface area contributed by atoms with Crippen molar-refractivity contribution in [3.8, 4) is 0 Å². The second kappa shape index (κ2) is 8.87. The Hall–Kier alpha value is -2.19. The quantitative estimate of drug-likeness (QED) is 0.424. The van der Waals surface area contributed by atoms with Gasteiger partial charge in [0.1, 0.15) is 0 Å². The Kier molecular flexibility index (Phi) is 6.07. The van der Waals surface area contributed by atoms with E-state index in [4.69, 9.17) is 0 Å². The van der Waals surface area contributed by atoms with Gasteiger partial charge in [0.25, 0.3) is 0 Å². The van der Waals surface area contributed by atoms with Gasteiger partial charge in [-0.25, -0.2) is 0 Å². The largest absolute Gasteiger partial charge is 0.371 e. The molecule has 0 spiro atoms. The van der Waals surface area contributed by atoms with Crippen LogP contribution in [0.4, 0.5) is 5.69 Å². The van der Waals surface area contributed by atoms with Crippen LogP contribution in [0.5, 0.6) is 0 Å². The Morgan fingerprint density at radius 2 is 1.43 bits per heavy atom. The Labute approximate surface area is 173 Å². The third-order valence-corrected chi connectivity index (χ3v) is 7.36. The fourth-order valence-corrected chi connectivity index (χ4v) is 5.51. The maximum Gasteiger partial charge on any atom is 0.0628 e. The first-order valence-corrected chi connectivity index (χ1v) is 11.3. The average molecular weight is 388 g/mol. The van der Waals surface area contributed by atoms with E-state index in [0.29, 0.717) is 0 Å². The number of hydrogen-bond donors (Lipinski definition) is 0. The zero-order valence-electron chi connectivity index (χ0n) is 16.7. The number of rotatable bonds is 7. The molecule has 0 bridgehead atoms. The molecule has 0 aromatic heterocycles. The van der Waals surface area contributed by atoms with Crippen LogP contribution >= 0.6 is 11.8 Å². The number of thioether (sulfide) groups is 1. The fourth-order valence-electron chi connectivity index (χ4n) is 4.22. The summed E-state index contributed by atoms with van der Waals surface area (Å²) >= 11 is 2.07. The van der Waals surface area contributed by atoms with Crippen LogP contribution in [-0.4, -0.2) is 18.8 Å². The van der Waals surface area contributed by atoms with Gasteiger partial charge in [-0.3, -0.25) is 0 Å². The molecule has 3 aromatic rings. The molecule has 0 aliphatic carbocycles. The maximum atomic E-state index is 2.59. The lowest BCUT2D eigenvalue weighted by Crippen LogP contribution is -2.30. The molecule has 144 valence electrons. The van der Waals surface area contributed by atoms with Gasteiger partial charge in [-0.2, -0.15) is 0 Å². The minimum Gasteiger partial charge on any atom is -0.371 e. The third kappa shape index (κ3) is 4.12. The first-order chi connectivity index (χ1) is 13.8. The van der Waals surface area contributed by atoms with Crippen molar-refractivity contribution in [1.29, 1.82) is 0 Å². The lowest BCUT2D eigenvalue weighted by Gasteiger charge is -2.33. The normalized spacial score (nSPS) is 14.0. The van der Waals surface area contributed by atoms with E-state index in [1.54, 1.807) is 0 Å². The topological polar surface area (TPSA) is 3.24 Å². The van der Waals surface area contributed by atoms with E-state index in [-0.39, 0.29) is 4.75 Å². The molecule has 0 saturated heterocycles. The molecular formula is C26H29NS. The van der Waals surface area contributed by atoms with Gasteiger partial charge >= 0.3 is 0 Å². The molecule has 0 N–H and O–H groups in total. The molecule has 1 aliphatic heterocycles. The Balaban J connectivity index is 1.44. The van der Waals surface area contributed by atoms with Crippen molar-refractivity contribution in [1.82, 2.24) is 0 Å². The van der Waals surface area contributed by atoms with Crippen LogP contribution < -0.4 is 4.90 Å². The van der Waals surface area contributed by atoms with E-state index in [1.165, 1.54) is 48.2 Å². The summed E-state index contributed by atoms with van der Waals surface area (Å²) < 4.78 is -0.0116. The summed E-state index contributed by atoms with van der Waals surface area (Å²) in [6.07, 6.45) is 3.70. The van der Waals surface area contributed by atoms with Gasteiger partial charge in [0.05, 0.1) is 4.75 Å². The van der Waals surface area contributed by atoms with Crippen molar-refractivity contribution in [3.63, 3.8) is 0 Å². The number of benzene rings is 3. The van der Waals surface area contributed by atoms with Crippen molar-refractivity contribution in [2.45, 2.75) is 30.9 Å². The molecule has 0 fully saturated rings. The molecule has 28 heavy (non-hydrogen) atoms. The van der Waals surface area contributed by atoms with Crippen LogP contribution in [0.25, 0.3) is 0 Å². The van der Waals surface area contributed by atoms with Gasteiger partial charge in [0.15, 0.2) is 0 Å². The number of para-hydroxylation sites is 1. The maximum absolute atomic E-state index is 2.59. The van der Waals surface area contributed by atoms with Crippen molar-refractivity contribution in [2.24, 2.45) is 0 Å². The highest BCUT2D eigenvalue weighted by Gasteiger charge is 2.29. The molecule has 0 radical (unpaired) electrons. The van der Waals surface area contributed by atoms with Gasteiger partial charge in [0, 0.05) is 18.8 Å². The molecule has 1 aliphatic rings. The Bertz CT molecular complexity index is 836. The minimum atomic E-state index is -0.0116. The fraction of sp³-hybridized carbons (Fsp3) is 0.308. The van der Waals surface area contributed by atoms with E-state index < -0.39 is 0 Å². The second-order valence-corrected chi connectivity index (χ2v) is 9.20. The van der Waals surface area contributed by atoms with Crippen molar-refractivity contribution >= 4 is 17.4 Å². The summed E-state index contributed by atoms with van der Waals surface area (Å²) in [5, 5.41) is 0. The smallest absolute Gasteiger partial charge is 0.0628 e. The lowest BCUT2D eigenvalue weighted by molar-refractivity contribution is 0.682. The molecule has 0 saturated carbocycles. The van der Waals surface area contributed by atoms with Gasteiger partial charge in [-0.1, -0.05) is 78.9 Å². The van der Waals surface area contributed by atoms with E-state index >= 15 is 0 Å². The minimum absolute atomic E-state index is 0.0116. The zero-order valence-corrected chi connectivity index (χ0v) is 17.5. The van der Waals surface area contributed by atoms with Crippen LogP contribution in [-0.2, 0) is 11.2 Å². The predicted molar refractivity (Wildman–Crippen MR) is 123 cm³/mol.